The first-order valence-corrected chi connectivity index (χ1v) is 9.32. The number of amides is 1. The summed E-state index contributed by atoms with van der Waals surface area (Å²) in [5, 5.41) is 3.01. The average molecular weight is 395 g/mol. The van der Waals surface area contributed by atoms with Crippen LogP contribution < -0.4 is 5.32 Å². The van der Waals surface area contributed by atoms with Crippen LogP contribution in [0.1, 0.15) is 16.1 Å². The predicted molar refractivity (Wildman–Crippen MR) is 94.5 cm³/mol. The van der Waals surface area contributed by atoms with Gasteiger partial charge in [0.05, 0.1) is 17.2 Å². The summed E-state index contributed by atoms with van der Waals surface area (Å²) in [5.41, 5.74) is 0.662. The van der Waals surface area contributed by atoms with Crippen molar-refractivity contribution in [3.63, 3.8) is 0 Å². The Bertz CT molecular complexity index is 1090. The molecule has 27 heavy (non-hydrogen) atoms. The van der Waals surface area contributed by atoms with Crippen LogP contribution in [0.25, 0.3) is 11.0 Å². The van der Waals surface area contributed by atoms with E-state index in [0.29, 0.717) is 16.5 Å². The number of carbonyl (C=O) groups is 1. The molecule has 0 aliphatic rings. The summed E-state index contributed by atoms with van der Waals surface area (Å²) < 4.78 is 60.2. The molecule has 0 saturated heterocycles. The van der Waals surface area contributed by atoms with Crippen LogP contribution in [-0.4, -0.2) is 27.2 Å². The van der Waals surface area contributed by atoms with Gasteiger partial charge < -0.3 is 14.5 Å². The Kier molecular flexibility index (Phi) is 5.24. The van der Waals surface area contributed by atoms with Crippen molar-refractivity contribution in [3.05, 3.63) is 59.9 Å². The standard InChI is InChI=1S/C18H15F2NO5S/c1-25-10-12-11-6-2-4-8-14(11)26-16(12)17(22)21-13-7-3-5-9-15(13)27(23,24)18(19)20/h2-9,18H,10H2,1H3,(H,21,22). The number of alkyl halides is 2. The van der Waals surface area contributed by atoms with E-state index in [-0.39, 0.29) is 18.1 Å². The molecule has 0 bridgehead atoms. The van der Waals surface area contributed by atoms with E-state index in [0.717, 1.165) is 6.07 Å². The number of sulfone groups is 1. The molecule has 0 aliphatic heterocycles. The molecule has 6 nitrogen and oxygen atoms in total. The van der Waals surface area contributed by atoms with Crippen LogP contribution >= 0.6 is 0 Å². The summed E-state index contributed by atoms with van der Waals surface area (Å²) in [6.07, 6.45) is 0. The number of methoxy groups -OCH3 is 1. The molecule has 9 heteroatoms. The first-order valence-electron chi connectivity index (χ1n) is 7.78. The van der Waals surface area contributed by atoms with Gasteiger partial charge in [-0.15, -0.1) is 0 Å². The quantitative estimate of drug-likeness (QED) is 0.686. The first kappa shape index (κ1) is 19.0. The van der Waals surface area contributed by atoms with Crippen LogP contribution in [0.4, 0.5) is 14.5 Å². The lowest BCUT2D eigenvalue weighted by Crippen LogP contribution is -2.18. The van der Waals surface area contributed by atoms with Crippen LogP contribution in [0.15, 0.2) is 57.8 Å². The van der Waals surface area contributed by atoms with Gasteiger partial charge in [0.25, 0.3) is 5.91 Å². The third-order valence-electron chi connectivity index (χ3n) is 3.87. The molecule has 0 unspecified atom stereocenters. The van der Waals surface area contributed by atoms with Crippen LogP contribution in [-0.2, 0) is 21.2 Å². The second kappa shape index (κ2) is 7.45. The number of rotatable bonds is 6. The second-order valence-electron chi connectivity index (χ2n) is 5.59. The Balaban J connectivity index is 2.03. The van der Waals surface area contributed by atoms with Gasteiger partial charge in [-0.05, 0) is 18.2 Å². The summed E-state index contributed by atoms with van der Waals surface area (Å²) in [4.78, 5) is 12.0. The Morgan fingerprint density at radius 3 is 2.52 bits per heavy atom. The molecule has 3 rings (SSSR count). The molecule has 0 radical (unpaired) electrons. The number of ether oxygens (including phenoxy) is 1. The number of nitrogens with one attached hydrogen (secondary N) is 1. The number of halogens is 2. The van der Waals surface area contributed by atoms with Gasteiger partial charge in [0.1, 0.15) is 5.58 Å². The molecule has 0 fully saturated rings. The monoisotopic (exact) mass is 395 g/mol. The van der Waals surface area contributed by atoms with E-state index < -0.39 is 26.4 Å². The molecule has 3 aromatic rings. The van der Waals surface area contributed by atoms with E-state index >= 15 is 0 Å². The summed E-state index contributed by atoms with van der Waals surface area (Å²) >= 11 is 0. The largest absolute Gasteiger partial charge is 0.451 e. The molecule has 1 amide bonds. The van der Waals surface area contributed by atoms with Crippen LogP contribution in [0.5, 0.6) is 0 Å². The van der Waals surface area contributed by atoms with E-state index in [1.807, 2.05) is 0 Å². The smallest absolute Gasteiger partial charge is 0.341 e. The zero-order valence-electron chi connectivity index (χ0n) is 14.1. The van der Waals surface area contributed by atoms with Crippen molar-refractivity contribution in [1.82, 2.24) is 0 Å². The molecule has 0 atom stereocenters. The van der Waals surface area contributed by atoms with E-state index in [1.165, 1.54) is 25.3 Å². The van der Waals surface area contributed by atoms with Gasteiger partial charge in [-0.1, -0.05) is 30.3 Å². The fraction of sp³-hybridized carbons (Fsp3) is 0.167. The highest BCUT2D eigenvalue weighted by Crippen LogP contribution is 2.30. The fourth-order valence-electron chi connectivity index (χ4n) is 2.66. The maximum absolute atomic E-state index is 12.9. The Labute approximate surface area is 153 Å². The third kappa shape index (κ3) is 3.56. The number of furan rings is 1. The van der Waals surface area contributed by atoms with Crippen LogP contribution in [0.3, 0.4) is 0 Å². The minimum Gasteiger partial charge on any atom is -0.451 e. The van der Waals surface area contributed by atoms with Crippen LogP contribution in [0.2, 0.25) is 0 Å². The minimum atomic E-state index is -4.88. The number of benzene rings is 2. The van der Waals surface area contributed by atoms with Gasteiger partial charge in [0.15, 0.2) is 5.76 Å². The Hall–Kier alpha value is -2.78. The van der Waals surface area contributed by atoms with Crippen molar-refractivity contribution in [2.45, 2.75) is 17.3 Å². The maximum Gasteiger partial charge on any atom is 0.341 e. The second-order valence-corrected chi connectivity index (χ2v) is 7.48. The lowest BCUT2D eigenvalue weighted by molar-refractivity contribution is 0.0992. The SMILES string of the molecule is COCc1c(C(=O)Nc2ccccc2S(=O)(=O)C(F)F)oc2ccccc12. The van der Waals surface area contributed by atoms with Crippen molar-refractivity contribution < 1.29 is 31.1 Å². The highest BCUT2D eigenvalue weighted by atomic mass is 32.2. The molecular weight excluding hydrogens is 380 g/mol. The van der Waals surface area contributed by atoms with Gasteiger partial charge in [0.2, 0.25) is 9.84 Å². The number of para-hydroxylation sites is 2. The summed E-state index contributed by atoms with van der Waals surface area (Å²) in [7, 11) is -3.43. The van der Waals surface area contributed by atoms with Crippen molar-refractivity contribution in [3.8, 4) is 0 Å². The Morgan fingerprint density at radius 2 is 1.81 bits per heavy atom. The topological polar surface area (TPSA) is 85.6 Å². The van der Waals surface area contributed by atoms with E-state index in [9.17, 15) is 22.0 Å². The zero-order valence-corrected chi connectivity index (χ0v) is 14.9. The van der Waals surface area contributed by atoms with Crippen LogP contribution in [0, 0.1) is 0 Å². The van der Waals surface area contributed by atoms with Crippen molar-refractivity contribution in [2.75, 3.05) is 12.4 Å². The highest BCUT2D eigenvalue weighted by molar-refractivity contribution is 7.91. The van der Waals surface area contributed by atoms with Gasteiger partial charge in [0, 0.05) is 18.1 Å². The fourth-order valence-corrected chi connectivity index (χ4v) is 3.55. The molecule has 1 heterocycles. The van der Waals surface area contributed by atoms with Crippen molar-refractivity contribution in [2.24, 2.45) is 0 Å². The zero-order chi connectivity index (χ0) is 19.6. The predicted octanol–water partition coefficient (Wildman–Crippen LogP) is 3.83. The van der Waals surface area contributed by atoms with E-state index in [1.54, 1.807) is 24.3 Å². The summed E-state index contributed by atoms with van der Waals surface area (Å²) in [6.45, 7) is 0.0801. The molecule has 0 saturated carbocycles. The van der Waals surface area contributed by atoms with Gasteiger partial charge in [-0.3, -0.25) is 4.79 Å². The van der Waals surface area contributed by atoms with E-state index in [4.69, 9.17) is 9.15 Å². The molecule has 0 spiro atoms. The number of anilines is 1. The minimum absolute atomic E-state index is 0.0801. The van der Waals surface area contributed by atoms with Gasteiger partial charge in [-0.25, -0.2) is 8.42 Å². The summed E-state index contributed by atoms with van der Waals surface area (Å²) in [6, 6.07) is 11.9. The number of hydrogen-bond donors (Lipinski definition) is 1. The van der Waals surface area contributed by atoms with Crippen molar-refractivity contribution in [1.29, 1.82) is 0 Å². The number of fused-ring (bicyclic) bond motifs is 1. The van der Waals surface area contributed by atoms with Crippen molar-refractivity contribution >= 4 is 32.4 Å². The lowest BCUT2D eigenvalue weighted by Gasteiger charge is -2.11. The van der Waals surface area contributed by atoms with E-state index in [2.05, 4.69) is 5.32 Å². The van der Waals surface area contributed by atoms with Gasteiger partial charge >= 0.3 is 5.76 Å². The molecule has 1 aromatic heterocycles. The first-order chi connectivity index (χ1) is 12.9. The molecule has 0 aliphatic carbocycles. The van der Waals surface area contributed by atoms with Gasteiger partial charge in [-0.2, -0.15) is 8.78 Å². The molecule has 142 valence electrons. The highest BCUT2D eigenvalue weighted by Gasteiger charge is 2.30. The molecule has 2 aromatic carbocycles. The lowest BCUT2D eigenvalue weighted by atomic mass is 10.1. The molecular formula is C18H15F2NO5S. The maximum atomic E-state index is 12.9. The number of carbonyl (C=O) groups excluding carboxylic acids is 1. The normalized spacial score (nSPS) is 11.9. The Morgan fingerprint density at radius 1 is 1.15 bits per heavy atom. The number of hydrogen-bond acceptors (Lipinski definition) is 5. The summed E-state index contributed by atoms with van der Waals surface area (Å²) in [5.74, 6) is -4.46. The third-order valence-corrected chi connectivity index (χ3v) is 5.31. The average Bonchev–Trinajstić information content (AvgIpc) is 3.01. The molecule has 1 N–H and O–H groups in total.